The fourth-order valence-electron chi connectivity index (χ4n) is 1.71. The minimum absolute atomic E-state index is 0.0614. The molecule has 0 saturated carbocycles. The first-order valence-corrected chi connectivity index (χ1v) is 5.33. The minimum Gasteiger partial charge on any atom is -0.480 e. The largest absolute Gasteiger partial charge is 0.480 e. The highest BCUT2D eigenvalue weighted by Gasteiger charge is 2.24. The summed E-state index contributed by atoms with van der Waals surface area (Å²) < 4.78 is 0. The molecule has 0 bridgehead atoms. The van der Waals surface area contributed by atoms with Crippen molar-refractivity contribution in [3.05, 3.63) is 41.7 Å². The van der Waals surface area contributed by atoms with Crippen molar-refractivity contribution in [1.82, 2.24) is 9.94 Å². The zero-order chi connectivity index (χ0) is 13.3. The second-order valence-electron chi connectivity index (χ2n) is 4.01. The van der Waals surface area contributed by atoms with Crippen LogP contribution in [0.2, 0.25) is 0 Å². The zero-order valence-electron chi connectivity index (χ0n) is 9.74. The number of aliphatic carboxylic acids is 1. The Kier molecular flexibility index (Phi) is 3.03. The number of hydrogen-bond acceptors (Lipinski definition) is 4. The van der Waals surface area contributed by atoms with Gasteiger partial charge in [0.1, 0.15) is 11.7 Å². The molecule has 0 radical (unpaired) electrons. The van der Waals surface area contributed by atoms with E-state index in [9.17, 15) is 10.0 Å². The van der Waals surface area contributed by atoms with E-state index in [2.05, 4.69) is 5.10 Å². The lowest BCUT2D eigenvalue weighted by atomic mass is 10.0. The fraction of sp³-hybridized carbons (Fsp3) is 0.167. The van der Waals surface area contributed by atoms with E-state index in [1.807, 2.05) is 31.2 Å². The second-order valence-corrected chi connectivity index (χ2v) is 4.01. The Morgan fingerprint density at radius 2 is 2.00 bits per heavy atom. The summed E-state index contributed by atoms with van der Waals surface area (Å²) in [5.41, 5.74) is 7.94. The first-order chi connectivity index (χ1) is 8.50. The molecule has 1 heterocycles. The van der Waals surface area contributed by atoms with Crippen LogP contribution >= 0.6 is 0 Å². The molecule has 0 saturated heterocycles. The lowest BCUT2D eigenvalue weighted by Crippen LogP contribution is -2.24. The van der Waals surface area contributed by atoms with Crippen LogP contribution in [0.1, 0.15) is 17.3 Å². The fourth-order valence-corrected chi connectivity index (χ4v) is 1.71. The predicted molar refractivity (Wildman–Crippen MR) is 64.1 cm³/mol. The smallest absolute Gasteiger partial charge is 0.326 e. The quantitative estimate of drug-likeness (QED) is 0.707. The third-order valence-electron chi connectivity index (χ3n) is 2.71. The first-order valence-electron chi connectivity index (χ1n) is 5.33. The number of nitrogens with two attached hydrogens (primary N) is 1. The van der Waals surface area contributed by atoms with Crippen molar-refractivity contribution in [3.8, 4) is 11.1 Å². The molecule has 94 valence electrons. The zero-order valence-corrected chi connectivity index (χ0v) is 9.74. The van der Waals surface area contributed by atoms with E-state index in [4.69, 9.17) is 10.8 Å². The Balaban J connectivity index is 2.52. The maximum absolute atomic E-state index is 10.9. The molecule has 4 N–H and O–H groups in total. The summed E-state index contributed by atoms with van der Waals surface area (Å²) in [6.45, 7) is 1.95. The summed E-state index contributed by atoms with van der Waals surface area (Å²) in [7, 11) is 0. The highest BCUT2D eigenvalue weighted by Crippen LogP contribution is 2.27. The van der Waals surface area contributed by atoms with Crippen LogP contribution in [0.25, 0.3) is 11.1 Å². The topological polar surface area (TPSA) is 101 Å². The van der Waals surface area contributed by atoms with Gasteiger partial charge in [0, 0.05) is 5.56 Å². The summed E-state index contributed by atoms with van der Waals surface area (Å²) in [6.07, 6.45) is 1.39. The van der Waals surface area contributed by atoms with Crippen LogP contribution in [-0.2, 0) is 4.79 Å². The third kappa shape index (κ3) is 2.05. The Hall–Kier alpha value is -2.34. The van der Waals surface area contributed by atoms with Crippen LogP contribution in [-0.4, -0.2) is 26.2 Å². The number of hydrogen-bond donors (Lipinski definition) is 3. The molecule has 0 aliphatic heterocycles. The number of carboxylic acids is 1. The van der Waals surface area contributed by atoms with Crippen LogP contribution in [0.4, 0.5) is 0 Å². The average Bonchev–Trinajstić information content (AvgIpc) is 2.71. The van der Waals surface area contributed by atoms with Crippen molar-refractivity contribution in [2.24, 2.45) is 5.73 Å². The number of nitrogens with zero attached hydrogens (tertiary/aromatic N) is 2. The van der Waals surface area contributed by atoms with Crippen LogP contribution in [0, 0.1) is 6.92 Å². The number of carbonyl (C=O) groups is 1. The number of carboxylic acid groups (broad SMARTS) is 1. The average molecular weight is 247 g/mol. The van der Waals surface area contributed by atoms with Crippen molar-refractivity contribution in [3.63, 3.8) is 0 Å². The molecule has 0 amide bonds. The van der Waals surface area contributed by atoms with Gasteiger partial charge in [-0.3, -0.25) is 4.79 Å². The molecular weight excluding hydrogens is 234 g/mol. The van der Waals surface area contributed by atoms with Crippen LogP contribution < -0.4 is 5.73 Å². The molecule has 0 aliphatic rings. The molecule has 2 rings (SSSR count). The van der Waals surface area contributed by atoms with Gasteiger partial charge >= 0.3 is 5.97 Å². The Bertz CT molecular complexity index is 575. The molecule has 1 atom stereocenters. The normalized spacial score (nSPS) is 12.3. The van der Waals surface area contributed by atoms with Crippen molar-refractivity contribution < 1.29 is 15.1 Å². The molecule has 0 spiro atoms. The van der Waals surface area contributed by atoms with E-state index in [1.54, 1.807) is 0 Å². The molecule has 2 aromatic rings. The summed E-state index contributed by atoms with van der Waals surface area (Å²) in [5, 5.41) is 22.1. The molecule has 1 unspecified atom stereocenters. The number of aryl methyl sites for hydroxylation is 1. The number of rotatable bonds is 3. The maximum Gasteiger partial charge on any atom is 0.326 e. The number of aromatic nitrogens is 2. The lowest BCUT2D eigenvalue weighted by Gasteiger charge is -2.09. The van der Waals surface area contributed by atoms with Crippen LogP contribution in [0.15, 0.2) is 30.5 Å². The van der Waals surface area contributed by atoms with E-state index in [1.165, 1.54) is 6.20 Å². The minimum atomic E-state index is -1.33. The van der Waals surface area contributed by atoms with Gasteiger partial charge in [0.05, 0.1) is 6.20 Å². The van der Waals surface area contributed by atoms with Gasteiger partial charge in [0.2, 0.25) is 0 Å². The standard InChI is InChI=1S/C12H13N3O3/c1-7-2-4-8(5-3-7)9-6-14-15(18)11(9)10(13)12(16)17/h2-6,10,18H,13H2,1H3,(H,16,17). The highest BCUT2D eigenvalue weighted by atomic mass is 16.5. The van der Waals surface area contributed by atoms with Gasteiger partial charge in [0.15, 0.2) is 0 Å². The van der Waals surface area contributed by atoms with E-state index in [0.717, 1.165) is 11.1 Å². The summed E-state index contributed by atoms with van der Waals surface area (Å²) in [5.74, 6) is -1.22. The van der Waals surface area contributed by atoms with Gasteiger partial charge < -0.3 is 16.0 Å². The Labute approximate surface area is 103 Å². The van der Waals surface area contributed by atoms with Crippen molar-refractivity contribution in [1.29, 1.82) is 0 Å². The SMILES string of the molecule is Cc1ccc(-c2cnn(O)c2C(N)C(=O)O)cc1. The molecule has 18 heavy (non-hydrogen) atoms. The second kappa shape index (κ2) is 4.50. The van der Waals surface area contributed by atoms with Crippen molar-refractivity contribution in [2.45, 2.75) is 13.0 Å². The predicted octanol–water partition coefficient (Wildman–Crippen LogP) is 1.18. The van der Waals surface area contributed by atoms with Crippen molar-refractivity contribution in [2.75, 3.05) is 0 Å². The van der Waals surface area contributed by atoms with Gasteiger partial charge in [0.25, 0.3) is 0 Å². The van der Waals surface area contributed by atoms with Crippen LogP contribution in [0.5, 0.6) is 0 Å². The maximum atomic E-state index is 10.9. The monoisotopic (exact) mass is 247 g/mol. The molecule has 1 aromatic heterocycles. The van der Waals surface area contributed by atoms with Gasteiger partial charge in [-0.1, -0.05) is 29.8 Å². The number of benzene rings is 1. The molecule has 0 aliphatic carbocycles. The summed E-state index contributed by atoms with van der Waals surface area (Å²) >= 11 is 0. The van der Waals surface area contributed by atoms with Gasteiger partial charge in [-0.2, -0.15) is 0 Å². The summed E-state index contributed by atoms with van der Waals surface area (Å²) in [4.78, 5) is 11.4. The van der Waals surface area contributed by atoms with Gasteiger partial charge in [-0.05, 0) is 12.5 Å². The first kappa shape index (κ1) is 12.1. The molecule has 0 fully saturated rings. The molecule has 6 nitrogen and oxygen atoms in total. The third-order valence-corrected chi connectivity index (χ3v) is 2.71. The van der Waals surface area contributed by atoms with E-state index in [-0.39, 0.29) is 5.69 Å². The molecule has 1 aromatic carbocycles. The van der Waals surface area contributed by atoms with E-state index >= 15 is 0 Å². The van der Waals surface area contributed by atoms with E-state index < -0.39 is 12.0 Å². The Morgan fingerprint density at radius 3 is 2.56 bits per heavy atom. The van der Waals surface area contributed by atoms with Crippen LogP contribution in [0.3, 0.4) is 0 Å². The summed E-state index contributed by atoms with van der Waals surface area (Å²) in [6, 6.07) is 6.10. The lowest BCUT2D eigenvalue weighted by molar-refractivity contribution is -0.139. The highest BCUT2D eigenvalue weighted by molar-refractivity contribution is 5.79. The Morgan fingerprint density at radius 1 is 1.39 bits per heavy atom. The van der Waals surface area contributed by atoms with E-state index in [0.29, 0.717) is 10.4 Å². The van der Waals surface area contributed by atoms with Gasteiger partial charge in [-0.25, -0.2) is 0 Å². The molecular formula is C12H13N3O3. The molecule has 6 heteroatoms. The van der Waals surface area contributed by atoms with Crippen molar-refractivity contribution >= 4 is 5.97 Å². The van der Waals surface area contributed by atoms with Gasteiger partial charge in [-0.15, -0.1) is 9.94 Å².